The Morgan fingerprint density at radius 2 is 1.39 bits per heavy atom. The van der Waals surface area contributed by atoms with Crippen molar-refractivity contribution in [2.45, 2.75) is 44.2 Å². The second-order valence-electron chi connectivity index (χ2n) is 8.65. The summed E-state index contributed by atoms with van der Waals surface area (Å²) in [5.41, 5.74) is 2.56. The highest BCUT2D eigenvalue weighted by Gasteiger charge is 2.24. The molecule has 0 atom stereocenters. The van der Waals surface area contributed by atoms with Crippen LogP contribution in [-0.4, -0.2) is 15.7 Å². The third kappa shape index (κ3) is 4.31. The molecule has 4 aromatic rings. The number of nitrogens with one attached hydrogen (secondary N) is 1. The highest BCUT2D eigenvalue weighted by Crippen LogP contribution is 2.29. The van der Waals surface area contributed by atoms with Crippen molar-refractivity contribution >= 4 is 16.7 Å². The van der Waals surface area contributed by atoms with Crippen LogP contribution in [0.3, 0.4) is 0 Å². The molecular formula is C28H27N3O2. The lowest BCUT2D eigenvalue weighted by Gasteiger charge is -2.19. The van der Waals surface area contributed by atoms with Crippen LogP contribution in [0, 0.1) is 0 Å². The summed E-state index contributed by atoms with van der Waals surface area (Å²) in [5, 5.41) is 9.32. The van der Waals surface area contributed by atoms with Gasteiger partial charge in [0.25, 0.3) is 5.56 Å². The maximum absolute atomic E-state index is 13.5. The topological polar surface area (TPSA) is 64.0 Å². The monoisotopic (exact) mass is 437 g/mol. The van der Waals surface area contributed by atoms with Crippen molar-refractivity contribution in [2.24, 2.45) is 0 Å². The SMILES string of the molecule is O=C(NCc1nn(C2CCCC2)c(=O)c2ccccc12)C(c1ccccc1)c1ccccc1. The van der Waals surface area contributed by atoms with E-state index in [0.29, 0.717) is 5.39 Å². The minimum absolute atomic E-state index is 0.0426. The van der Waals surface area contributed by atoms with Gasteiger partial charge in [-0.1, -0.05) is 91.7 Å². The first kappa shape index (κ1) is 21.1. The summed E-state index contributed by atoms with van der Waals surface area (Å²) in [4.78, 5) is 26.6. The van der Waals surface area contributed by atoms with Gasteiger partial charge in [0, 0.05) is 5.39 Å². The van der Waals surface area contributed by atoms with Gasteiger partial charge in [-0.3, -0.25) is 9.59 Å². The average Bonchev–Trinajstić information content (AvgIpc) is 3.40. The van der Waals surface area contributed by atoms with E-state index in [9.17, 15) is 9.59 Å². The van der Waals surface area contributed by atoms with Crippen molar-refractivity contribution in [3.63, 3.8) is 0 Å². The summed E-state index contributed by atoms with van der Waals surface area (Å²) >= 11 is 0. The fourth-order valence-electron chi connectivity index (χ4n) is 4.86. The second kappa shape index (κ2) is 9.41. The smallest absolute Gasteiger partial charge is 0.274 e. The Labute approximate surface area is 193 Å². The molecule has 1 N–H and O–H groups in total. The van der Waals surface area contributed by atoms with Crippen LogP contribution in [0.15, 0.2) is 89.7 Å². The van der Waals surface area contributed by atoms with Crippen LogP contribution in [0.5, 0.6) is 0 Å². The van der Waals surface area contributed by atoms with E-state index >= 15 is 0 Å². The molecule has 0 spiro atoms. The molecule has 0 radical (unpaired) electrons. The molecule has 1 aromatic heterocycles. The summed E-state index contributed by atoms with van der Waals surface area (Å²) in [6.07, 6.45) is 4.18. The molecule has 3 aromatic carbocycles. The zero-order valence-electron chi connectivity index (χ0n) is 18.5. The molecule has 166 valence electrons. The first-order chi connectivity index (χ1) is 16.2. The number of benzene rings is 3. The fraction of sp³-hybridized carbons (Fsp3) is 0.250. The highest BCUT2D eigenvalue weighted by atomic mass is 16.2. The van der Waals surface area contributed by atoms with Gasteiger partial charge in [-0.2, -0.15) is 5.10 Å². The van der Waals surface area contributed by atoms with Gasteiger partial charge < -0.3 is 5.32 Å². The van der Waals surface area contributed by atoms with Gasteiger partial charge in [0.05, 0.1) is 29.6 Å². The van der Waals surface area contributed by atoms with Gasteiger partial charge in [0.2, 0.25) is 5.91 Å². The largest absolute Gasteiger partial charge is 0.350 e. The third-order valence-electron chi connectivity index (χ3n) is 6.53. The Balaban J connectivity index is 1.48. The highest BCUT2D eigenvalue weighted by molar-refractivity contribution is 5.88. The number of carbonyl (C=O) groups is 1. The van der Waals surface area contributed by atoms with E-state index in [1.165, 1.54) is 0 Å². The molecule has 1 aliphatic carbocycles. The predicted molar refractivity (Wildman–Crippen MR) is 130 cm³/mol. The first-order valence-electron chi connectivity index (χ1n) is 11.6. The van der Waals surface area contributed by atoms with Crippen molar-refractivity contribution in [1.29, 1.82) is 0 Å². The van der Waals surface area contributed by atoms with Gasteiger partial charge in [-0.15, -0.1) is 0 Å². The Hall–Kier alpha value is -3.73. The molecule has 1 amide bonds. The number of rotatable bonds is 6. The Morgan fingerprint density at radius 1 is 0.848 bits per heavy atom. The van der Waals surface area contributed by atoms with Gasteiger partial charge >= 0.3 is 0 Å². The van der Waals surface area contributed by atoms with Crippen molar-refractivity contribution < 1.29 is 4.79 Å². The van der Waals surface area contributed by atoms with Crippen LogP contribution >= 0.6 is 0 Å². The van der Waals surface area contributed by atoms with E-state index < -0.39 is 5.92 Å². The predicted octanol–water partition coefficient (Wildman–Crippen LogP) is 4.96. The maximum Gasteiger partial charge on any atom is 0.274 e. The Kier molecular flexibility index (Phi) is 6.03. The van der Waals surface area contributed by atoms with Crippen LogP contribution in [0.2, 0.25) is 0 Å². The summed E-state index contributed by atoms with van der Waals surface area (Å²) in [5.74, 6) is -0.503. The van der Waals surface area contributed by atoms with Gasteiger partial charge in [-0.25, -0.2) is 4.68 Å². The van der Waals surface area contributed by atoms with E-state index in [-0.39, 0.29) is 24.1 Å². The standard InChI is InChI=1S/C28H27N3O2/c32-27(26(20-11-3-1-4-12-20)21-13-5-2-6-14-21)29-19-25-23-17-9-10-18-24(23)28(33)31(30-25)22-15-7-8-16-22/h1-6,9-14,17-18,22,26H,7-8,15-16,19H2,(H,29,32). The van der Waals surface area contributed by atoms with Crippen molar-refractivity contribution in [3.8, 4) is 0 Å². The summed E-state index contributed by atoms with van der Waals surface area (Å²) in [6, 6.07) is 27.3. The van der Waals surface area contributed by atoms with Crippen molar-refractivity contribution in [2.75, 3.05) is 0 Å². The van der Waals surface area contributed by atoms with Crippen molar-refractivity contribution in [3.05, 3.63) is 112 Å². The zero-order chi connectivity index (χ0) is 22.6. The normalized spacial score (nSPS) is 14.1. The second-order valence-corrected chi connectivity index (χ2v) is 8.65. The number of carbonyl (C=O) groups excluding carboxylic acids is 1. The molecule has 33 heavy (non-hydrogen) atoms. The number of aromatic nitrogens is 2. The molecule has 1 heterocycles. The van der Waals surface area contributed by atoms with E-state index in [2.05, 4.69) is 5.32 Å². The van der Waals surface area contributed by atoms with E-state index in [4.69, 9.17) is 5.10 Å². The third-order valence-corrected chi connectivity index (χ3v) is 6.53. The summed E-state index contributed by atoms with van der Waals surface area (Å²) in [6.45, 7) is 0.266. The molecule has 5 heteroatoms. The summed E-state index contributed by atoms with van der Waals surface area (Å²) in [7, 11) is 0. The van der Waals surface area contributed by atoms with Crippen LogP contribution in [-0.2, 0) is 11.3 Å². The summed E-state index contributed by atoms with van der Waals surface area (Å²) < 4.78 is 1.66. The first-order valence-corrected chi connectivity index (χ1v) is 11.6. The van der Waals surface area contributed by atoms with Crippen LogP contribution < -0.4 is 10.9 Å². The van der Waals surface area contributed by atoms with Gasteiger partial charge in [0.1, 0.15) is 0 Å². The minimum atomic E-state index is -0.417. The van der Waals surface area contributed by atoms with E-state index in [1.807, 2.05) is 84.9 Å². The average molecular weight is 438 g/mol. The minimum Gasteiger partial charge on any atom is -0.350 e. The molecule has 1 aliphatic rings. The van der Waals surface area contributed by atoms with E-state index in [1.54, 1.807) is 4.68 Å². The van der Waals surface area contributed by atoms with Gasteiger partial charge in [-0.05, 0) is 30.0 Å². The number of amides is 1. The molecule has 5 nitrogen and oxygen atoms in total. The molecular weight excluding hydrogens is 410 g/mol. The lowest BCUT2D eigenvalue weighted by Crippen LogP contribution is -2.32. The molecule has 0 unspecified atom stereocenters. The van der Waals surface area contributed by atoms with Crippen LogP contribution in [0.25, 0.3) is 10.8 Å². The van der Waals surface area contributed by atoms with Crippen molar-refractivity contribution in [1.82, 2.24) is 15.1 Å². The molecule has 0 aliphatic heterocycles. The lowest BCUT2D eigenvalue weighted by atomic mass is 9.90. The van der Waals surface area contributed by atoms with Crippen LogP contribution in [0.1, 0.15) is 54.5 Å². The quantitative estimate of drug-likeness (QED) is 0.464. The number of nitrogens with zero attached hydrogens (tertiary/aromatic N) is 2. The number of fused-ring (bicyclic) bond motifs is 1. The molecule has 1 fully saturated rings. The molecule has 0 saturated heterocycles. The number of hydrogen-bond donors (Lipinski definition) is 1. The van der Waals surface area contributed by atoms with E-state index in [0.717, 1.165) is 47.9 Å². The fourth-order valence-corrected chi connectivity index (χ4v) is 4.86. The maximum atomic E-state index is 13.5. The Bertz CT molecular complexity index is 1270. The van der Waals surface area contributed by atoms with Crippen LogP contribution in [0.4, 0.5) is 0 Å². The van der Waals surface area contributed by atoms with Gasteiger partial charge in [0.15, 0.2) is 0 Å². The Morgan fingerprint density at radius 3 is 2.00 bits per heavy atom. The number of hydrogen-bond acceptors (Lipinski definition) is 3. The lowest BCUT2D eigenvalue weighted by molar-refractivity contribution is -0.121. The molecule has 5 rings (SSSR count). The zero-order valence-corrected chi connectivity index (χ0v) is 18.5. The molecule has 0 bridgehead atoms. The molecule has 1 saturated carbocycles.